The molecule has 0 heterocycles. The van der Waals surface area contributed by atoms with Gasteiger partial charge in [0.2, 0.25) is 5.91 Å². The van der Waals surface area contributed by atoms with Crippen LogP contribution in [0.5, 0.6) is 0 Å². The fourth-order valence-electron chi connectivity index (χ4n) is 2.28. The molecule has 1 rings (SSSR count). The van der Waals surface area contributed by atoms with Crippen LogP contribution in [0, 0.1) is 0 Å². The molecule has 0 atom stereocenters. The van der Waals surface area contributed by atoms with Gasteiger partial charge in [0, 0.05) is 6.42 Å². The maximum Gasteiger partial charge on any atom is 0.339 e. The first-order chi connectivity index (χ1) is 11.5. The Morgan fingerprint density at radius 3 is 2.25 bits per heavy atom. The molecule has 1 aromatic carbocycles. The normalized spacial score (nSPS) is 10.1. The van der Waals surface area contributed by atoms with Crippen LogP contribution >= 0.6 is 0 Å². The van der Waals surface area contributed by atoms with Crippen LogP contribution in [0.25, 0.3) is 0 Å². The number of unbranched alkanes of at least 4 members (excludes halogenated alkanes) is 4. The van der Waals surface area contributed by atoms with Gasteiger partial charge < -0.3 is 14.8 Å². The molecule has 24 heavy (non-hydrogen) atoms. The van der Waals surface area contributed by atoms with Crippen molar-refractivity contribution in [3.8, 4) is 0 Å². The van der Waals surface area contributed by atoms with Gasteiger partial charge in [-0.25, -0.2) is 9.59 Å². The number of ether oxygens (including phenoxy) is 2. The van der Waals surface area contributed by atoms with E-state index >= 15 is 0 Å². The van der Waals surface area contributed by atoms with E-state index in [0.29, 0.717) is 6.42 Å². The molecule has 1 N–H and O–H groups in total. The number of methoxy groups -OCH3 is 2. The van der Waals surface area contributed by atoms with E-state index in [1.165, 1.54) is 32.4 Å². The van der Waals surface area contributed by atoms with Crippen molar-refractivity contribution in [1.82, 2.24) is 0 Å². The molecule has 0 bridgehead atoms. The summed E-state index contributed by atoms with van der Waals surface area (Å²) in [6.07, 6.45) is 5.56. The molecular weight excluding hydrogens is 310 g/mol. The lowest BCUT2D eigenvalue weighted by atomic mass is 10.1. The third-order valence-electron chi connectivity index (χ3n) is 3.63. The van der Waals surface area contributed by atoms with Gasteiger partial charge in [-0.2, -0.15) is 0 Å². The first kappa shape index (κ1) is 19.7. The summed E-state index contributed by atoms with van der Waals surface area (Å²) in [4.78, 5) is 35.5. The third-order valence-corrected chi connectivity index (χ3v) is 3.63. The Hall–Kier alpha value is -2.37. The lowest BCUT2D eigenvalue weighted by Gasteiger charge is -2.11. The molecule has 0 aliphatic heterocycles. The summed E-state index contributed by atoms with van der Waals surface area (Å²) in [5, 5.41) is 2.69. The van der Waals surface area contributed by atoms with Gasteiger partial charge in [-0.1, -0.05) is 32.6 Å². The van der Waals surface area contributed by atoms with Crippen molar-refractivity contribution in [2.45, 2.75) is 45.4 Å². The Bertz CT molecular complexity index is 583. The minimum absolute atomic E-state index is 0.196. The molecular formula is C18H25NO5. The molecule has 0 aliphatic carbocycles. The summed E-state index contributed by atoms with van der Waals surface area (Å²) < 4.78 is 9.36. The van der Waals surface area contributed by atoms with Crippen molar-refractivity contribution in [1.29, 1.82) is 0 Å². The minimum atomic E-state index is -0.579. The van der Waals surface area contributed by atoms with Gasteiger partial charge in [0.25, 0.3) is 0 Å². The van der Waals surface area contributed by atoms with Gasteiger partial charge in [-0.3, -0.25) is 4.79 Å². The van der Waals surface area contributed by atoms with Crippen molar-refractivity contribution in [2.24, 2.45) is 0 Å². The van der Waals surface area contributed by atoms with Crippen LogP contribution in [-0.2, 0) is 14.3 Å². The van der Waals surface area contributed by atoms with Gasteiger partial charge in [-0.05, 0) is 24.6 Å². The lowest BCUT2D eigenvalue weighted by Crippen LogP contribution is -2.16. The second-order valence-corrected chi connectivity index (χ2v) is 5.46. The van der Waals surface area contributed by atoms with E-state index in [0.717, 1.165) is 32.1 Å². The lowest BCUT2D eigenvalue weighted by molar-refractivity contribution is -0.116. The number of carbonyl (C=O) groups excluding carboxylic acids is 3. The number of esters is 2. The van der Waals surface area contributed by atoms with Crippen LogP contribution in [0.4, 0.5) is 5.69 Å². The van der Waals surface area contributed by atoms with E-state index < -0.39 is 11.9 Å². The highest BCUT2D eigenvalue weighted by molar-refractivity contribution is 6.03. The minimum Gasteiger partial charge on any atom is -0.465 e. The summed E-state index contributed by atoms with van der Waals surface area (Å²) in [6.45, 7) is 2.13. The van der Waals surface area contributed by atoms with E-state index in [9.17, 15) is 14.4 Å². The maximum atomic E-state index is 12.1. The fraction of sp³-hybridized carbons (Fsp3) is 0.500. The monoisotopic (exact) mass is 335 g/mol. The molecule has 0 saturated carbocycles. The maximum absolute atomic E-state index is 12.1. The number of carbonyl (C=O) groups is 3. The molecule has 0 radical (unpaired) electrons. The molecule has 0 saturated heterocycles. The molecule has 0 aromatic heterocycles. The Kier molecular flexibility index (Phi) is 8.54. The highest BCUT2D eigenvalue weighted by Crippen LogP contribution is 2.20. The summed E-state index contributed by atoms with van der Waals surface area (Å²) >= 11 is 0. The van der Waals surface area contributed by atoms with E-state index in [2.05, 4.69) is 17.0 Å². The van der Waals surface area contributed by atoms with Gasteiger partial charge in [0.05, 0.1) is 31.0 Å². The van der Waals surface area contributed by atoms with Crippen molar-refractivity contribution in [3.05, 3.63) is 29.3 Å². The Balaban J connectivity index is 2.80. The largest absolute Gasteiger partial charge is 0.465 e. The second kappa shape index (κ2) is 10.4. The SMILES string of the molecule is CCCCCCCC(=O)Nc1cc(C(=O)OC)ccc1C(=O)OC. The molecule has 1 amide bonds. The van der Waals surface area contributed by atoms with Gasteiger partial charge >= 0.3 is 11.9 Å². The fourth-order valence-corrected chi connectivity index (χ4v) is 2.28. The van der Waals surface area contributed by atoms with Crippen molar-refractivity contribution >= 4 is 23.5 Å². The molecule has 1 aromatic rings. The average molecular weight is 335 g/mol. The van der Waals surface area contributed by atoms with Crippen LogP contribution in [0.3, 0.4) is 0 Å². The van der Waals surface area contributed by atoms with E-state index in [1.54, 1.807) is 0 Å². The number of benzene rings is 1. The number of hydrogen-bond donors (Lipinski definition) is 1. The zero-order valence-electron chi connectivity index (χ0n) is 14.5. The van der Waals surface area contributed by atoms with Crippen LogP contribution in [0.2, 0.25) is 0 Å². The molecule has 0 spiro atoms. The Morgan fingerprint density at radius 2 is 1.62 bits per heavy atom. The van der Waals surface area contributed by atoms with Crippen molar-refractivity contribution < 1.29 is 23.9 Å². The van der Waals surface area contributed by atoms with Crippen LogP contribution in [0.15, 0.2) is 18.2 Å². The Labute approximate surface area is 142 Å². The van der Waals surface area contributed by atoms with Gasteiger partial charge in [0.15, 0.2) is 0 Å². The first-order valence-electron chi connectivity index (χ1n) is 8.14. The smallest absolute Gasteiger partial charge is 0.339 e. The summed E-state index contributed by atoms with van der Waals surface area (Å²) in [6, 6.07) is 4.32. The van der Waals surface area contributed by atoms with E-state index in [4.69, 9.17) is 4.74 Å². The number of amides is 1. The topological polar surface area (TPSA) is 81.7 Å². The molecule has 6 nitrogen and oxygen atoms in total. The van der Waals surface area contributed by atoms with Crippen LogP contribution in [-0.4, -0.2) is 32.1 Å². The molecule has 0 aliphatic rings. The number of anilines is 1. The first-order valence-corrected chi connectivity index (χ1v) is 8.14. The van der Waals surface area contributed by atoms with E-state index in [-0.39, 0.29) is 22.7 Å². The standard InChI is InChI=1S/C18H25NO5/c1-4-5-6-7-8-9-16(20)19-15-12-13(17(21)23-2)10-11-14(15)18(22)24-3/h10-12H,4-9H2,1-3H3,(H,19,20). The van der Waals surface area contributed by atoms with E-state index in [1.807, 2.05) is 0 Å². The van der Waals surface area contributed by atoms with Crippen molar-refractivity contribution in [2.75, 3.05) is 19.5 Å². The van der Waals surface area contributed by atoms with Crippen molar-refractivity contribution in [3.63, 3.8) is 0 Å². The second-order valence-electron chi connectivity index (χ2n) is 5.46. The molecule has 0 unspecified atom stereocenters. The zero-order chi connectivity index (χ0) is 17.9. The highest BCUT2D eigenvalue weighted by Gasteiger charge is 2.17. The third kappa shape index (κ3) is 6.02. The Morgan fingerprint density at radius 1 is 0.958 bits per heavy atom. The molecule has 132 valence electrons. The molecule has 0 fully saturated rings. The average Bonchev–Trinajstić information content (AvgIpc) is 2.60. The number of nitrogens with one attached hydrogen (secondary N) is 1. The summed E-state index contributed by atoms with van der Waals surface area (Å²) in [5.41, 5.74) is 0.705. The number of rotatable bonds is 9. The number of hydrogen-bond acceptors (Lipinski definition) is 5. The van der Waals surface area contributed by atoms with Gasteiger partial charge in [-0.15, -0.1) is 0 Å². The van der Waals surface area contributed by atoms with Crippen LogP contribution in [0.1, 0.15) is 66.2 Å². The zero-order valence-corrected chi connectivity index (χ0v) is 14.5. The predicted octanol–water partition coefficient (Wildman–Crippen LogP) is 3.56. The highest BCUT2D eigenvalue weighted by atomic mass is 16.5. The summed E-state index contributed by atoms with van der Waals surface area (Å²) in [7, 11) is 2.53. The quantitative estimate of drug-likeness (QED) is 0.551. The van der Waals surface area contributed by atoms with Gasteiger partial charge in [0.1, 0.15) is 0 Å². The summed E-state index contributed by atoms with van der Waals surface area (Å²) in [5.74, 6) is -1.31. The predicted molar refractivity (Wildman–Crippen MR) is 91.1 cm³/mol. The van der Waals surface area contributed by atoms with Crippen LogP contribution < -0.4 is 5.32 Å². The molecule has 6 heteroatoms.